The number of benzene rings is 1. The fourth-order valence-electron chi connectivity index (χ4n) is 2.59. The first-order valence-corrected chi connectivity index (χ1v) is 7.74. The van der Waals surface area contributed by atoms with Gasteiger partial charge in [0.25, 0.3) is 17.4 Å². The number of carbonyl (C=O) groups excluding carboxylic acids is 3. The summed E-state index contributed by atoms with van der Waals surface area (Å²) in [5, 5.41) is 6.65. The summed E-state index contributed by atoms with van der Waals surface area (Å²) in [5.41, 5.74) is 1.03. The number of amides is 3. The molecule has 3 rings (SSSR count). The standard InChI is InChI=1S/C17H16N4O4/c1-11-6-7-15(23)21(19-11)9-8-18-14(22)10-20-16(24)12-4-2-3-5-13(12)17(20)25/h2-7H,8-10H2,1H3,(H,18,22). The Kier molecular flexibility index (Phi) is 4.42. The highest BCUT2D eigenvalue weighted by Crippen LogP contribution is 2.21. The lowest BCUT2D eigenvalue weighted by atomic mass is 10.1. The molecular weight excluding hydrogens is 324 g/mol. The summed E-state index contributed by atoms with van der Waals surface area (Å²) in [6.45, 7) is 1.77. The third-order valence-electron chi connectivity index (χ3n) is 3.83. The van der Waals surface area contributed by atoms with Gasteiger partial charge < -0.3 is 5.32 Å². The maximum atomic E-state index is 12.2. The van der Waals surface area contributed by atoms with Gasteiger partial charge in [-0.05, 0) is 25.1 Å². The largest absolute Gasteiger partial charge is 0.353 e. The Morgan fingerprint density at radius 2 is 1.68 bits per heavy atom. The van der Waals surface area contributed by atoms with Crippen LogP contribution in [0.4, 0.5) is 0 Å². The summed E-state index contributed by atoms with van der Waals surface area (Å²) in [4.78, 5) is 48.9. The highest BCUT2D eigenvalue weighted by Gasteiger charge is 2.36. The zero-order valence-electron chi connectivity index (χ0n) is 13.6. The number of imide groups is 1. The second kappa shape index (κ2) is 6.68. The van der Waals surface area contributed by atoms with Crippen molar-refractivity contribution in [3.05, 3.63) is 63.6 Å². The van der Waals surface area contributed by atoms with Gasteiger partial charge in [-0.1, -0.05) is 12.1 Å². The van der Waals surface area contributed by atoms with Crippen LogP contribution in [0.15, 0.2) is 41.2 Å². The first-order valence-electron chi connectivity index (χ1n) is 7.74. The average molecular weight is 340 g/mol. The van der Waals surface area contributed by atoms with E-state index in [4.69, 9.17) is 0 Å². The maximum Gasteiger partial charge on any atom is 0.266 e. The molecule has 1 N–H and O–H groups in total. The summed E-state index contributed by atoms with van der Waals surface area (Å²) < 4.78 is 1.25. The van der Waals surface area contributed by atoms with Crippen LogP contribution >= 0.6 is 0 Å². The van der Waals surface area contributed by atoms with Crippen molar-refractivity contribution < 1.29 is 14.4 Å². The van der Waals surface area contributed by atoms with E-state index in [1.807, 2.05) is 0 Å². The highest BCUT2D eigenvalue weighted by atomic mass is 16.2. The van der Waals surface area contributed by atoms with Gasteiger partial charge in [0.05, 0.1) is 23.4 Å². The molecule has 0 spiro atoms. The van der Waals surface area contributed by atoms with E-state index in [-0.39, 0.29) is 25.2 Å². The van der Waals surface area contributed by atoms with Crippen LogP contribution in [-0.4, -0.2) is 45.5 Å². The Balaban J connectivity index is 1.57. The van der Waals surface area contributed by atoms with Crippen LogP contribution < -0.4 is 10.9 Å². The van der Waals surface area contributed by atoms with Crippen LogP contribution in [0.1, 0.15) is 26.4 Å². The lowest BCUT2D eigenvalue weighted by molar-refractivity contribution is -0.121. The maximum absolute atomic E-state index is 12.2. The van der Waals surface area contributed by atoms with Crippen molar-refractivity contribution in [1.82, 2.24) is 20.0 Å². The van der Waals surface area contributed by atoms with Gasteiger partial charge in [-0.3, -0.25) is 24.1 Å². The molecule has 0 radical (unpaired) electrons. The lowest BCUT2D eigenvalue weighted by Crippen LogP contribution is -2.41. The van der Waals surface area contributed by atoms with Gasteiger partial charge in [0.1, 0.15) is 6.54 Å². The van der Waals surface area contributed by atoms with Crippen LogP contribution in [-0.2, 0) is 11.3 Å². The molecule has 8 heteroatoms. The molecule has 0 aliphatic carbocycles. The third kappa shape index (κ3) is 3.32. The molecule has 25 heavy (non-hydrogen) atoms. The predicted octanol–water partition coefficient (Wildman–Crippen LogP) is -0.0359. The average Bonchev–Trinajstić information content (AvgIpc) is 2.83. The SMILES string of the molecule is Cc1ccc(=O)n(CCNC(=O)CN2C(=O)c3ccccc3C2=O)n1. The molecule has 1 aliphatic heterocycles. The molecule has 1 aromatic heterocycles. The molecule has 0 saturated carbocycles. The molecule has 8 nitrogen and oxygen atoms in total. The zero-order chi connectivity index (χ0) is 18.0. The number of carbonyl (C=O) groups is 3. The molecule has 1 aromatic carbocycles. The van der Waals surface area contributed by atoms with Crippen molar-refractivity contribution in [2.24, 2.45) is 0 Å². The normalized spacial score (nSPS) is 13.1. The Morgan fingerprint density at radius 1 is 1.04 bits per heavy atom. The van der Waals surface area contributed by atoms with Gasteiger partial charge in [-0.15, -0.1) is 0 Å². The summed E-state index contributed by atoms with van der Waals surface area (Å²) in [6.07, 6.45) is 0. The quantitative estimate of drug-likeness (QED) is 0.770. The number of nitrogens with zero attached hydrogens (tertiary/aromatic N) is 3. The van der Waals surface area contributed by atoms with Crippen molar-refractivity contribution >= 4 is 17.7 Å². The second-order valence-electron chi connectivity index (χ2n) is 5.63. The number of aromatic nitrogens is 2. The van der Waals surface area contributed by atoms with Gasteiger partial charge >= 0.3 is 0 Å². The van der Waals surface area contributed by atoms with E-state index in [1.165, 1.54) is 10.7 Å². The van der Waals surface area contributed by atoms with Crippen molar-refractivity contribution in [2.45, 2.75) is 13.5 Å². The molecular formula is C17H16N4O4. The number of fused-ring (bicyclic) bond motifs is 1. The first kappa shape index (κ1) is 16.6. The van der Waals surface area contributed by atoms with Gasteiger partial charge in [0, 0.05) is 12.6 Å². The second-order valence-corrected chi connectivity index (χ2v) is 5.63. The van der Waals surface area contributed by atoms with Gasteiger partial charge in [0.2, 0.25) is 5.91 Å². The molecule has 0 unspecified atom stereocenters. The summed E-state index contributed by atoms with van der Waals surface area (Å²) in [5.74, 6) is -1.44. The molecule has 3 amide bonds. The smallest absolute Gasteiger partial charge is 0.266 e. The van der Waals surface area contributed by atoms with E-state index in [0.717, 1.165) is 4.90 Å². The van der Waals surface area contributed by atoms with Gasteiger partial charge in [-0.2, -0.15) is 5.10 Å². The van der Waals surface area contributed by atoms with Crippen LogP contribution in [0.5, 0.6) is 0 Å². The van der Waals surface area contributed by atoms with E-state index < -0.39 is 17.7 Å². The monoisotopic (exact) mass is 340 g/mol. The molecule has 0 saturated heterocycles. The van der Waals surface area contributed by atoms with Crippen molar-refractivity contribution in [3.63, 3.8) is 0 Å². The number of hydrogen-bond donors (Lipinski definition) is 1. The van der Waals surface area contributed by atoms with Gasteiger partial charge in [0.15, 0.2) is 0 Å². The van der Waals surface area contributed by atoms with Crippen molar-refractivity contribution in [2.75, 3.05) is 13.1 Å². The van der Waals surface area contributed by atoms with Gasteiger partial charge in [-0.25, -0.2) is 4.68 Å². The Morgan fingerprint density at radius 3 is 2.32 bits per heavy atom. The Labute approximate surface area is 143 Å². The van der Waals surface area contributed by atoms with E-state index >= 15 is 0 Å². The molecule has 128 valence electrons. The van der Waals surface area contributed by atoms with E-state index in [2.05, 4.69) is 10.4 Å². The highest BCUT2D eigenvalue weighted by molar-refractivity contribution is 6.22. The Bertz CT molecular complexity index is 884. The van der Waals surface area contributed by atoms with Crippen LogP contribution in [0.3, 0.4) is 0 Å². The summed E-state index contributed by atoms with van der Waals surface area (Å²) in [6, 6.07) is 9.47. The number of nitrogens with one attached hydrogen (secondary N) is 1. The molecule has 0 fully saturated rings. The topological polar surface area (TPSA) is 101 Å². The molecule has 0 atom stereocenters. The van der Waals surface area contributed by atoms with Crippen LogP contribution in [0.2, 0.25) is 0 Å². The first-order chi connectivity index (χ1) is 12.0. The van der Waals surface area contributed by atoms with Crippen molar-refractivity contribution in [3.8, 4) is 0 Å². The lowest BCUT2D eigenvalue weighted by Gasteiger charge is -2.13. The van der Waals surface area contributed by atoms with Crippen LogP contribution in [0, 0.1) is 6.92 Å². The predicted molar refractivity (Wildman–Crippen MR) is 88.1 cm³/mol. The summed E-state index contributed by atoms with van der Waals surface area (Å²) in [7, 11) is 0. The minimum Gasteiger partial charge on any atom is -0.353 e. The minimum absolute atomic E-state index is 0.165. The number of aryl methyl sites for hydroxylation is 1. The van der Waals surface area contributed by atoms with Crippen LogP contribution in [0.25, 0.3) is 0 Å². The fraction of sp³-hybridized carbons (Fsp3) is 0.235. The molecule has 0 bridgehead atoms. The zero-order valence-corrected chi connectivity index (χ0v) is 13.6. The van der Waals surface area contributed by atoms with Crippen molar-refractivity contribution in [1.29, 1.82) is 0 Å². The molecule has 2 heterocycles. The third-order valence-corrected chi connectivity index (χ3v) is 3.83. The number of rotatable bonds is 5. The van der Waals surface area contributed by atoms with E-state index in [0.29, 0.717) is 16.8 Å². The molecule has 1 aliphatic rings. The minimum atomic E-state index is -0.479. The number of hydrogen-bond acceptors (Lipinski definition) is 5. The molecule has 2 aromatic rings. The van der Waals surface area contributed by atoms with E-state index in [9.17, 15) is 19.2 Å². The summed E-state index contributed by atoms with van der Waals surface area (Å²) >= 11 is 0. The fourth-order valence-corrected chi connectivity index (χ4v) is 2.59. The Hall–Kier alpha value is -3.29. The van der Waals surface area contributed by atoms with E-state index in [1.54, 1.807) is 37.3 Å².